The fourth-order valence-electron chi connectivity index (χ4n) is 1.51. The minimum atomic E-state index is -0.743. The van der Waals surface area contributed by atoms with Gasteiger partial charge in [-0.25, -0.2) is 0 Å². The van der Waals surface area contributed by atoms with Gasteiger partial charge in [-0.2, -0.15) is 0 Å². The summed E-state index contributed by atoms with van der Waals surface area (Å²) in [6.07, 6.45) is 0.298. The van der Waals surface area contributed by atoms with E-state index in [1.165, 1.54) is 0 Å². The second-order valence-corrected chi connectivity index (χ2v) is 4.84. The minimum absolute atomic E-state index is 0.160. The largest absolute Gasteiger partial charge is 0.460 e. The molecule has 1 aliphatic rings. The first-order valence-electron chi connectivity index (χ1n) is 5.12. The molecule has 6 heteroatoms. The molecule has 1 aromatic rings. The van der Waals surface area contributed by atoms with E-state index in [-0.39, 0.29) is 6.61 Å². The minimum Gasteiger partial charge on any atom is -0.460 e. The second-order valence-electron chi connectivity index (χ2n) is 3.93. The SMILES string of the molecule is O=C(OCc1ccc(Br)cc1)C1CC1[N+](=O)[O-]. The van der Waals surface area contributed by atoms with Crippen LogP contribution >= 0.6 is 15.9 Å². The van der Waals surface area contributed by atoms with Crippen LogP contribution in [0.1, 0.15) is 12.0 Å². The second kappa shape index (κ2) is 4.83. The van der Waals surface area contributed by atoms with Gasteiger partial charge in [0.2, 0.25) is 6.04 Å². The fraction of sp³-hybridized carbons (Fsp3) is 0.364. The number of hydrogen-bond acceptors (Lipinski definition) is 4. The van der Waals surface area contributed by atoms with Crippen LogP contribution in [0.2, 0.25) is 0 Å². The molecule has 2 atom stereocenters. The van der Waals surface area contributed by atoms with Crippen LogP contribution in [0, 0.1) is 16.0 Å². The zero-order valence-electron chi connectivity index (χ0n) is 8.84. The molecule has 17 heavy (non-hydrogen) atoms. The van der Waals surface area contributed by atoms with Gasteiger partial charge in [-0.1, -0.05) is 28.1 Å². The Morgan fingerprint density at radius 3 is 2.65 bits per heavy atom. The Balaban J connectivity index is 1.81. The molecule has 1 aromatic carbocycles. The van der Waals surface area contributed by atoms with Crippen molar-refractivity contribution in [3.05, 3.63) is 44.4 Å². The molecule has 2 rings (SSSR count). The number of ether oxygens (including phenoxy) is 1. The molecule has 0 radical (unpaired) electrons. The van der Waals surface area contributed by atoms with Crippen LogP contribution in [-0.4, -0.2) is 16.9 Å². The third kappa shape index (κ3) is 3.03. The molecule has 5 nitrogen and oxygen atoms in total. The number of rotatable bonds is 4. The van der Waals surface area contributed by atoms with Crippen LogP contribution in [0.3, 0.4) is 0 Å². The highest BCUT2D eigenvalue weighted by molar-refractivity contribution is 9.10. The average molecular weight is 300 g/mol. The topological polar surface area (TPSA) is 69.4 Å². The molecular formula is C11H10BrNO4. The zero-order chi connectivity index (χ0) is 12.4. The molecular weight excluding hydrogens is 290 g/mol. The molecule has 0 amide bonds. The van der Waals surface area contributed by atoms with E-state index in [0.717, 1.165) is 10.0 Å². The van der Waals surface area contributed by atoms with Crippen molar-refractivity contribution in [1.29, 1.82) is 0 Å². The van der Waals surface area contributed by atoms with Gasteiger partial charge in [0.15, 0.2) is 0 Å². The maximum absolute atomic E-state index is 11.4. The Morgan fingerprint density at radius 1 is 1.47 bits per heavy atom. The molecule has 0 spiro atoms. The van der Waals surface area contributed by atoms with Gasteiger partial charge in [0.1, 0.15) is 12.5 Å². The van der Waals surface area contributed by atoms with Gasteiger partial charge in [-0.15, -0.1) is 0 Å². The van der Waals surface area contributed by atoms with Gasteiger partial charge in [0, 0.05) is 15.8 Å². The van der Waals surface area contributed by atoms with Crippen molar-refractivity contribution in [1.82, 2.24) is 0 Å². The van der Waals surface area contributed by atoms with E-state index in [2.05, 4.69) is 15.9 Å². The molecule has 1 aliphatic carbocycles. The maximum atomic E-state index is 11.4. The van der Waals surface area contributed by atoms with Crippen molar-refractivity contribution in [3.63, 3.8) is 0 Å². The van der Waals surface area contributed by atoms with Crippen molar-refractivity contribution in [2.24, 2.45) is 5.92 Å². The highest BCUT2D eigenvalue weighted by Gasteiger charge is 2.54. The Bertz CT molecular complexity index is 445. The Hall–Kier alpha value is -1.43. The Labute approximate surface area is 106 Å². The molecule has 1 fully saturated rings. The van der Waals surface area contributed by atoms with E-state index in [1.54, 1.807) is 0 Å². The van der Waals surface area contributed by atoms with Crippen LogP contribution in [0.25, 0.3) is 0 Å². The van der Waals surface area contributed by atoms with E-state index in [0.29, 0.717) is 6.42 Å². The van der Waals surface area contributed by atoms with Crippen LogP contribution in [-0.2, 0) is 16.1 Å². The van der Waals surface area contributed by atoms with Gasteiger partial charge >= 0.3 is 5.97 Å². The summed E-state index contributed by atoms with van der Waals surface area (Å²) in [4.78, 5) is 21.4. The number of carbonyl (C=O) groups excluding carboxylic acids is 1. The fourth-order valence-corrected chi connectivity index (χ4v) is 1.77. The van der Waals surface area contributed by atoms with Crippen molar-refractivity contribution in [3.8, 4) is 0 Å². The maximum Gasteiger partial charge on any atom is 0.316 e. The third-order valence-electron chi connectivity index (χ3n) is 2.62. The average Bonchev–Trinajstić information content (AvgIpc) is 3.08. The summed E-state index contributed by atoms with van der Waals surface area (Å²) in [7, 11) is 0. The number of esters is 1. The van der Waals surface area contributed by atoms with Crippen LogP contribution in [0.4, 0.5) is 0 Å². The van der Waals surface area contributed by atoms with Crippen LogP contribution in [0.5, 0.6) is 0 Å². The molecule has 1 saturated carbocycles. The Morgan fingerprint density at radius 2 is 2.12 bits per heavy atom. The number of nitro groups is 1. The predicted molar refractivity (Wildman–Crippen MR) is 62.8 cm³/mol. The van der Waals surface area contributed by atoms with E-state index in [1.807, 2.05) is 24.3 Å². The number of carbonyl (C=O) groups is 1. The normalized spacial score (nSPS) is 21.9. The molecule has 0 heterocycles. The molecule has 0 bridgehead atoms. The summed E-state index contributed by atoms with van der Waals surface area (Å²) in [5.74, 6) is -1.03. The molecule has 0 saturated heterocycles. The van der Waals surface area contributed by atoms with E-state index >= 15 is 0 Å². The van der Waals surface area contributed by atoms with Gasteiger partial charge in [-0.05, 0) is 17.7 Å². The quantitative estimate of drug-likeness (QED) is 0.485. The smallest absolute Gasteiger partial charge is 0.316 e. The number of benzene rings is 1. The summed E-state index contributed by atoms with van der Waals surface area (Å²) in [6.45, 7) is 0.160. The molecule has 90 valence electrons. The zero-order valence-corrected chi connectivity index (χ0v) is 10.4. The van der Waals surface area contributed by atoms with E-state index < -0.39 is 22.9 Å². The lowest BCUT2D eigenvalue weighted by Crippen LogP contribution is -2.13. The summed E-state index contributed by atoms with van der Waals surface area (Å²) >= 11 is 3.30. The van der Waals surface area contributed by atoms with Crippen LogP contribution in [0.15, 0.2) is 28.7 Å². The molecule has 2 unspecified atom stereocenters. The predicted octanol–water partition coefficient (Wildman–Crippen LogP) is 2.16. The lowest BCUT2D eigenvalue weighted by molar-refractivity contribution is -0.497. The number of hydrogen-bond donors (Lipinski definition) is 0. The van der Waals surface area contributed by atoms with Crippen molar-refractivity contribution in [2.75, 3.05) is 0 Å². The van der Waals surface area contributed by atoms with E-state index in [4.69, 9.17) is 4.74 Å². The van der Waals surface area contributed by atoms with Gasteiger partial charge < -0.3 is 4.74 Å². The number of halogens is 1. The lowest BCUT2D eigenvalue weighted by Gasteiger charge is -2.03. The standard InChI is InChI=1S/C11H10BrNO4/c12-8-3-1-7(2-4-8)6-17-11(14)9-5-10(9)13(15)16/h1-4,9-10H,5-6H2. The van der Waals surface area contributed by atoms with E-state index in [9.17, 15) is 14.9 Å². The van der Waals surface area contributed by atoms with Crippen LogP contribution < -0.4 is 0 Å². The lowest BCUT2D eigenvalue weighted by atomic mass is 10.2. The first-order valence-corrected chi connectivity index (χ1v) is 5.92. The Kier molecular flexibility index (Phi) is 3.42. The van der Waals surface area contributed by atoms with Gasteiger partial charge in [0.05, 0.1) is 0 Å². The highest BCUT2D eigenvalue weighted by atomic mass is 79.9. The summed E-state index contributed by atoms with van der Waals surface area (Å²) in [5.41, 5.74) is 0.861. The molecule has 0 aliphatic heterocycles. The summed E-state index contributed by atoms with van der Waals surface area (Å²) in [6, 6.07) is 6.61. The number of nitrogens with zero attached hydrogens (tertiary/aromatic N) is 1. The summed E-state index contributed by atoms with van der Waals surface area (Å²) in [5, 5.41) is 10.4. The first kappa shape index (κ1) is 12.0. The monoisotopic (exact) mass is 299 g/mol. The third-order valence-corrected chi connectivity index (χ3v) is 3.15. The summed E-state index contributed by atoms with van der Waals surface area (Å²) < 4.78 is 5.96. The van der Waals surface area contributed by atoms with Gasteiger partial charge in [-0.3, -0.25) is 14.9 Å². The van der Waals surface area contributed by atoms with Crippen molar-refractivity contribution in [2.45, 2.75) is 19.1 Å². The van der Waals surface area contributed by atoms with Crippen molar-refractivity contribution < 1.29 is 14.5 Å². The molecule has 0 N–H and O–H groups in total. The highest BCUT2D eigenvalue weighted by Crippen LogP contribution is 2.34. The van der Waals surface area contributed by atoms with Crippen molar-refractivity contribution >= 4 is 21.9 Å². The van der Waals surface area contributed by atoms with Gasteiger partial charge in [0.25, 0.3) is 0 Å². The molecule has 0 aromatic heterocycles. The first-order chi connectivity index (χ1) is 8.08.